The second kappa shape index (κ2) is 9.59. The van der Waals surface area contributed by atoms with Gasteiger partial charge in [0.05, 0.1) is 0 Å². The summed E-state index contributed by atoms with van der Waals surface area (Å²) < 4.78 is 29.2. The van der Waals surface area contributed by atoms with Crippen molar-refractivity contribution < 1.29 is 13.2 Å². The lowest BCUT2D eigenvalue weighted by Gasteiger charge is -2.12. The molecule has 2 N–H and O–H groups in total. The number of para-hydroxylation sites is 1. The van der Waals surface area contributed by atoms with Crippen LogP contribution in [0.2, 0.25) is 0 Å². The average Bonchev–Trinajstić information content (AvgIpc) is 3.05. The summed E-state index contributed by atoms with van der Waals surface area (Å²) >= 11 is 0. The Morgan fingerprint density at radius 1 is 0.967 bits per heavy atom. The van der Waals surface area contributed by atoms with Gasteiger partial charge >= 0.3 is 0 Å². The minimum Gasteiger partial charge on any atom is -0.352 e. The Morgan fingerprint density at radius 3 is 2.40 bits per heavy atom. The first kappa shape index (κ1) is 22.3. The summed E-state index contributed by atoms with van der Waals surface area (Å²) in [7, 11) is -0.372. The van der Waals surface area contributed by atoms with Crippen molar-refractivity contribution in [3.05, 3.63) is 48.0 Å². The number of nitrogens with zero attached hydrogens (tertiary/aromatic N) is 2. The number of aryl methyl sites for hydroxylation is 1. The summed E-state index contributed by atoms with van der Waals surface area (Å²) in [6.07, 6.45) is 2.36. The molecular weight excluding hydrogens is 400 g/mol. The van der Waals surface area contributed by atoms with Crippen molar-refractivity contribution in [3.63, 3.8) is 0 Å². The Bertz CT molecular complexity index is 1140. The van der Waals surface area contributed by atoms with Crippen LogP contribution in [0.25, 0.3) is 21.8 Å². The van der Waals surface area contributed by atoms with Crippen LogP contribution < -0.4 is 10.0 Å². The van der Waals surface area contributed by atoms with Crippen LogP contribution in [0.4, 0.5) is 0 Å². The second-order valence-electron chi connectivity index (χ2n) is 7.49. The lowest BCUT2D eigenvalue weighted by Crippen LogP contribution is -2.36. The van der Waals surface area contributed by atoms with Crippen LogP contribution in [0.3, 0.4) is 0 Å². The zero-order valence-electron chi connectivity index (χ0n) is 17.8. The number of rotatable bonds is 10. The van der Waals surface area contributed by atoms with Crippen molar-refractivity contribution in [2.75, 3.05) is 27.2 Å². The summed E-state index contributed by atoms with van der Waals surface area (Å²) in [5, 5.41) is 5.21. The number of aromatic nitrogens is 1. The summed E-state index contributed by atoms with van der Waals surface area (Å²) in [5.41, 5.74) is 2.97. The van der Waals surface area contributed by atoms with Crippen LogP contribution in [-0.4, -0.2) is 50.4 Å². The standard InChI is InChI=1S/C22H30N4O3S/c1-4-26-20-11-7-6-10-18(20)19-16-17(12-13-21(19)26)22(27)23-14-8-5-9-15-24-30(28,29)25(2)3/h6-7,10-13,16,24H,4-5,8-9,14-15H2,1-3H3,(H,23,27). The molecule has 0 aliphatic rings. The van der Waals surface area contributed by atoms with E-state index in [-0.39, 0.29) is 5.91 Å². The van der Waals surface area contributed by atoms with E-state index in [1.807, 2.05) is 30.3 Å². The molecule has 0 aliphatic carbocycles. The third-order valence-electron chi connectivity index (χ3n) is 5.26. The molecule has 1 amide bonds. The highest BCUT2D eigenvalue weighted by Gasteiger charge is 2.13. The van der Waals surface area contributed by atoms with Gasteiger partial charge in [-0.05, 0) is 44.0 Å². The summed E-state index contributed by atoms with van der Waals surface area (Å²) in [4.78, 5) is 12.6. The average molecular weight is 431 g/mol. The number of fused-ring (bicyclic) bond motifs is 3. The van der Waals surface area contributed by atoms with Crippen molar-refractivity contribution in [1.29, 1.82) is 0 Å². The Kier molecular flexibility index (Phi) is 7.12. The number of carbonyl (C=O) groups excluding carboxylic acids is 1. The molecule has 0 unspecified atom stereocenters. The summed E-state index contributed by atoms with van der Waals surface area (Å²) in [6, 6.07) is 14.1. The topological polar surface area (TPSA) is 83.4 Å². The van der Waals surface area contributed by atoms with Crippen LogP contribution in [0.1, 0.15) is 36.5 Å². The maximum atomic E-state index is 12.6. The molecule has 0 saturated heterocycles. The van der Waals surface area contributed by atoms with Gasteiger partial charge in [-0.2, -0.15) is 12.7 Å². The zero-order valence-corrected chi connectivity index (χ0v) is 18.6. The Labute approximate surface area is 178 Å². The molecule has 1 aromatic heterocycles. The normalized spacial score (nSPS) is 12.1. The third kappa shape index (κ3) is 4.83. The van der Waals surface area contributed by atoms with Crippen LogP contribution in [0, 0.1) is 0 Å². The lowest BCUT2D eigenvalue weighted by atomic mass is 10.1. The Morgan fingerprint density at radius 2 is 1.67 bits per heavy atom. The van der Waals surface area contributed by atoms with E-state index in [4.69, 9.17) is 0 Å². The largest absolute Gasteiger partial charge is 0.352 e. The molecule has 0 radical (unpaired) electrons. The van der Waals surface area contributed by atoms with Gasteiger partial charge in [0.1, 0.15) is 0 Å². The molecule has 3 rings (SSSR count). The SMILES string of the molecule is CCn1c2ccccc2c2cc(C(=O)NCCCCCNS(=O)(=O)N(C)C)ccc21. The monoisotopic (exact) mass is 430 g/mol. The van der Waals surface area contributed by atoms with Crippen molar-refractivity contribution >= 4 is 37.9 Å². The van der Waals surface area contributed by atoms with E-state index >= 15 is 0 Å². The first-order valence-electron chi connectivity index (χ1n) is 10.3. The van der Waals surface area contributed by atoms with Crippen molar-refractivity contribution in [3.8, 4) is 0 Å². The highest BCUT2D eigenvalue weighted by Crippen LogP contribution is 2.29. The van der Waals surface area contributed by atoms with Crippen LogP contribution in [0.15, 0.2) is 42.5 Å². The van der Waals surface area contributed by atoms with E-state index in [9.17, 15) is 13.2 Å². The van der Waals surface area contributed by atoms with Gasteiger partial charge in [-0.15, -0.1) is 0 Å². The van der Waals surface area contributed by atoms with Crippen LogP contribution in [0.5, 0.6) is 0 Å². The minimum atomic E-state index is -3.36. The first-order valence-corrected chi connectivity index (χ1v) is 11.8. The second-order valence-corrected chi connectivity index (χ2v) is 9.46. The van der Waals surface area contributed by atoms with Crippen LogP contribution >= 0.6 is 0 Å². The lowest BCUT2D eigenvalue weighted by molar-refractivity contribution is 0.0953. The van der Waals surface area contributed by atoms with E-state index in [0.717, 1.165) is 46.4 Å². The maximum Gasteiger partial charge on any atom is 0.278 e. The molecule has 7 nitrogen and oxygen atoms in total. The molecule has 30 heavy (non-hydrogen) atoms. The fraction of sp³-hybridized carbons (Fsp3) is 0.409. The highest BCUT2D eigenvalue weighted by molar-refractivity contribution is 7.87. The molecule has 2 aromatic carbocycles. The summed E-state index contributed by atoms with van der Waals surface area (Å²) in [5.74, 6) is -0.0847. The van der Waals surface area contributed by atoms with E-state index in [1.165, 1.54) is 19.6 Å². The van der Waals surface area contributed by atoms with Crippen molar-refractivity contribution in [2.24, 2.45) is 0 Å². The quantitative estimate of drug-likeness (QED) is 0.485. The maximum absolute atomic E-state index is 12.6. The number of unbranched alkanes of at least 4 members (excludes halogenated alkanes) is 2. The van der Waals surface area contributed by atoms with Gasteiger partial charge in [0, 0.05) is 61.1 Å². The molecule has 3 aromatic rings. The molecule has 8 heteroatoms. The molecule has 0 aliphatic heterocycles. The van der Waals surface area contributed by atoms with Gasteiger partial charge in [-0.25, -0.2) is 4.72 Å². The minimum absolute atomic E-state index is 0.0847. The van der Waals surface area contributed by atoms with Gasteiger partial charge in [0.15, 0.2) is 0 Å². The van der Waals surface area contributed by atoms with Gasteiger partial charge < -0.3 is 9.88 Å². The van der Waals surface area contributed by atoms with Gasteiger partial charge in [0.25, 0.3) is 16.1 Å². The fourth-order valence-electron chi connectivity index (χ4n) is 3.60. The Hall–Kier alpha value is -2.42. The van der Waals surface area contributed by atoms with Gasteiger partial charge in [0.2, 0.25) is 0 Å². The Balaban J connectivity index is 1.54. The van der Waals surface area contributed by atoms with Crippen molar-refractivity contribution in [1.82, 2.24) is 18.9 Å². The number of nitrogens with one attached hydrogen (secondary N) is 2. The summed E-state index contributed by atoms with van der Waals surface area (Å²) in [6.45, 7) is 3.96. The van der Waals surface area contributed by atoms with Crippen molar-refractivity contribution in [2.45, 2.75) is 32.7 Å². The third-order valence-corrected chi connectivity index (χ3v) is 6.79. The number of hydrogen-bond donors (Lipinski definition) is 2. The molecule has 0 bridgehead atoms. The van der Waals surface area contributed by atoms with Crippen LogP contribution in [-0.2, 0) is 16.8 Å². The van der Waals surface area contributed by atoms with E-state index in [0.29, 0.717) is 18.7 Å². The number of carbonyl (C=O) groups is 1. The van der Waals surface area contributed by atoms with E-state index in [2.05, 4.69) is 33.7 Å². The molecular formula is C22H30N4O3S. The number of amides is 1. The molecule has 162 valence electrons. The number of benzene rings is 2. The fourth-order valence-corrected chi connectivity index (χ4v) is 4.26. The molecule has 0 saturated carbocycles. The number of hydrogen-bond acceptors (Lipinski definition) is 3. The van der Waals surface area contributed by atoms with E-state index < -0.39 is 10.2 Å². The first-order chi connectivity index (χ1) is 14.3. The molecule has 0 fully saturated rings. The van der Waals surface area contributed by atoms with E-state index in [1.54, 1.807) is 0 Å². The smallest absolute Gasteiger partial charge is 0.278 e. The predicted molar refractivity (Wildman–Crippen MR) is 122 cm³/mol. The molecule has 0 atom stereocenters. The highest BCUT2D eigenvalue weighted by atomic mass is 32.2. The predicted octanol–water partition coefficient (Wildman–Crippen LogP) is 3.11. The zero-order chi connectivity index (χ0) is 21.7. The molecule has 1 heterocycles. The van der Waals surface area contributed by atoms with Gasteiger partial charge in [-0.1, -0.05) is 24.6 Å². The molecule has 0 spiro atoms. The van der Waals surface area contributed by atoms with Gasteiger partial charge in [-0.3, -0.25) is 4.79 Å².